The van der Waals surface area contributed by atoms with Crippen molar-refractivity contribution in [2.24, 2.45) is 5.92 Å². The minimum absolute atomic E-state index is 0.105. The predicted molar refractivity (Wildman–Crippen MR) is 103 cm³/mol. The van der Waals surface area contributed by atoms with Gasteiger partial charge in [0.2, 0.25) is 21.8 Å². The number of nitrogens with zero attached hydrogens (tertiary/aromatic N) is 3. The molecule has 10 heteroatoms. The van der Waals surface area contributed by atoms with E-state index in [0.717, 1.165) is 9.18 Å². The molecular weight excluding hydrogens is 388 g/mol. The summed E-state index contributed by atoms with van der Waals surface area (Å²) in [6.07, 6.45) is 1.78. The summed E-state index contributed by atoms with van der Waals surface area (Å²) in [7, 11) is -0.610. The van der Waals surface area contributed by atoms with Crippen LogP contribution in [0.3, 0.4) is 0 Å². The van der Waals surface area contributed by atoms with Crippen LogP contribution in [0, 0.1) is 12.8 Å². The molecule has 1 aromatic carbocycles. The Morgan fingerprint density at radius 2 is 1.96 bits per heavy atom. The lowest BCUT2D eigenvalue weighted by molar-refractivity contribution is -0.122. The first-order valence-corrected chi connectivity index (χ1v) is 10.5. The maximum Gasteiger partial charge on any atom is 0.242 e. The van der Waals surface area contributed by atoms with E-state index in [0.29, 0.717) is 10.8 Å². The van der Waals surface area contributed by atoms with Crippen molar-refractivity contribution in [2.75, 3.05) is 30.9 Å². The summed E-state index contributed by atoms with van der Waals surface area (Å²) in [5.41, 5.74) is 0.568. The maximum absolute atomic E-state index is 12.4. The number of sulfonamides is 1. The zero-order valence-corrected chi connectivity index (χ0v) is 16.8. The van der Waals surface area contributed by atoms with Crippen molar-refractivity contribution in [3.05, 3.63) is 35.3 Å². The predicted octanol–water partition coefficient (Wildman–Crippen LogP) is 1.69. The lowest BCUT2D eigenvalue weighted by Gasteiger charge is -2.18. The number of aryl methyl sites for hydroxylation is 1. The molecule has 1 saturated heterocycles. The second-order valence-corrected chi connectivity index (χ2v) is 9.84. The van der Waals surface area contributed by atoms with Crippen LogP contribution in [-0.4, -0.2) is 50.2 Å². The molecule has 0 spiro atoms. The number of hydrogen-bond acceptors (Lipinski definition) is 6. The Balaban J connectivity index is 1.71. The molecule has 0 unspecified atom stereocenters. The molecule has 0 radical (unpaired) electrons. The lowest BCUT2D eigenvalue weighted by atomic mass is 10.1. The summed E-state index contributed by atoms with van der Waals surface area (Å²) in [6, 6.07) is 6.09. The number of rotatable bonds is 5. The van der Waals surface area contributed by atoms with Gasteiger partial charge >= 0.3 is 0 Å². The first-order valence-electron chi connectivity index (χ1n) is 8.24. The van der Waals surface area contributed by atoms with Crippen LogP contribution in [-0.2, 0) is 19.6 Å². The van der Waals surface area contributed by atoms with Gasteiger partial charge < -0.3 is 10.2 Å². The van der Waals surface area contributed by atoms with E-state index in [2.05, 4.69) is 10.3 Å². The van der Waals surface area contributed by atoms with Crippen molar-refractivity contribution in [3.8, 4) is 0 Å². The largest absolute Gasteiger partial charge is 0.312 e. The Morgan fingerprint density at radius 3 is 2.52 bits per heavy atom. The Hall–Kier alpha value is -2.30. The summed E-state index contributed by atoms with van der Waals surface area (Å²) >= 11 is 1.38. The molecule has 0 aliphatic carbocycles. The highest BCUT2D eigenvalue weighted by molar-refractivity contribution is 7.89. The number of nitrogens with one attached hydrogen (secondary N) is 1. The zero-order valence-electron chi connectivity index (χ0n) is 15.2. The molecule has 144 valence electrons. The van der Waals surface area contributed by atoms with Crippen molar-refractivity contribution >= 4 is 44.0 Å². The molecule has 2 heterocycles. The Bertz CT molecular complexity index is 967. The molecule has 1 aliphatic rings. The molecule has 8 nitrogen and oxygen atoms in total. The zero-order chi connectivity index (χ0) is 19.8. The number of thiazole rings is 1. The van der Waals surface area contributed by atoms with Gasteiger partial charge in [0, 0.05) is 43.8 Å². The lowest BCUT2D eigenvalue weighted by Crippen LogP contribution is -2.28. The van der Waals surface area contributed by atoms with E-state index in [4.69, 9.17) is 0 Å². The number of hydrogen-bond donors (Lipinski definition) is 1. The van der Waals surface area contributed by atoms with E-state index in [9.17, 15) is 18.0 Å². The third-order valence-corrected chi connectivity index (χ3v) is 6.93. The van der Waals surface area contributed by atoms with E-state index in [1.165, 1.54) is 42.5 Å². The van der Waals surface area contributed by atoms with Gasteiger partial charge in [0.15, 0.2) is 5.13 Å². The minimum Gasteiger partial charge on any atom is -0.312 e. The van der Waals surface area contributed by atoms with Gasteiger partial charge in [-0.1, -0.05) is 0 Å². The van der Waals surface area contributed by atoms with Crippen molar-refractivity contribution in [1.82, 2.24) is 9.29 Å². The second kappa shape index (κ2) is 7.37. The van der Waals surface area contributed by atoms with E-state index in [-0.39, 0.29) is 29.7 Å². The molecule has 1 N–H and O–H groups in total. The molecule has 2 amide bonds. The quantitative estimate of drug-likeness (QED) is 0.812. The molecule has 1 fully saturated rings. The van der Waals surface area contributed by atoms with E-state index >= 15 is 0 Å². The van der Waals surface area contributed by atoms with Crippen molar-refractivity contribution in [2.45, 2.75) is 18.2 Å². The van der Waals surface area contributed by atoms with Gasteiger partial charge in [0.05, 0.1) is 10.8 Å². The molecule has 2 aromatic rings. The number of aromatic nitrogens is 1. The molecule has 27 heavy (non-hydrogen) atoms. The van der Waals surface area contributed by atoms with Gasteiger partial charge in [-0.05, 0) is 31.2 Å². The summed E-state index contributed by atoms with van der Waals surface area (Å²) in [5, 5.41) is 3.26. The van der Waals surface area contributed by atoms with Crippen molar-refractivity contribution < 1.29 is 18.0 Å². The highest BCUT2D eigenvalue weighted by atomic mass is 32.2. The third-order valence-electron chi connectivity index (χ3n) is 4.27. The molecule has 0 bridgehead atoms. The fourth-order valence-electron chi connectivity index (χ4n) is 2.76. The molecule has 1 aromatic heterocycles. The van der Waals surface area contributed by atoms with Crippen LogP contribution in [0.15, 0.2) is 35.4 Å². The highest BCUT2D eigenvalue weighted by Crippen LogP contribution is 2.28. The Morgan fingerprint density at radius 1 is 1.30 bits per heavy atom. The highest BCUT2D eigenvalue weighted by Gasteiger charge is 2.35. The average Bonchev–Trinajstić information content (AvgIpc) is 3.20. The smallest absolute Gasteiger partial charge is 0.242 e. The standard InChI is InChI=1S/C17H20N4O4S2/c1-11-9-18-17(26-11)19-16(23)12-8-15(22)21(10-12)13-4-6-14(7-5-13)27(24,25)20(2)3/h4-7,9,12H,8,10H2,1-3H3,(H,18,19,23)/t12-/m1/s1. The SMILES string of the molecule is Cc1cnc(NC(=O)[C@@H]2CC(=O)N(c3ccc(S(=O)(=O)N(C)C)cc3)C2)s1. The van der Waals surface area contributed by atoms with Gasteiger partial charge in [0.1, 0.15) is 0 Å². The molecule has 3 rings (SSSR count). The van der Waals surface area contributed by atoms with Crippen LogP contribution in [0.2, 0.25) is 0 Å². The molecule has 1 aliphatic heterocycles. The Labute approximate surface area is 161 Å². The number of carbonyl (C=O) groups excluding carboxylic acids is 2. The number of carbonyl (C=O) groups is 2. The average molecular weight is 409 g/mol. The first-order chi connectivity index (χ1) is 12.7. The molecule has 0 saturated carbocycles. The molecular formula is C17H20N4O4S2. The number of benzene rings is 1. The van der Waals surface area contributed by atoms with E-state index in [1.807, 2.05) is 6.92 Å². The van der Waals surface area contributed by atoms with Crippen LogP contribution in [0.5, 0.6) is 0 Å². The van der Waals surface area contributed by atoms with Gasteiger partial charge in [-0.25, -0.2) is 17.7 Å². The van der Waals surface area contributed by atoms with Crippen LogP contribution in [0.4, 0.5) is 10.8 Å². The van der Waals surface area contributed by atoms with Gasteiger partial charge in [-0.2, -0.15) is 0 Å². The van der Waals surface area contributed by atoms with Gasteiger partial charge in [-0.15, -0.1) is 11.3 Å². The first kappa shape index (κ1) is 19.5. The summed E-state index contributed by atoms with van der Waals surface area (Å²) in [5.74, 6) is -0.896. The van der Waals surface area contributed by atoms with E-state index < -0.39 is 15.9 Å². The monoisotopic (exact) mass is 408 g/mol. The fourth-order valence-corrected chi connectivity index (χ4v) is 4.33. The van der Waals surface area contributed by atoms with E-state index in [1.54, 1.807) is 18.3 Å². The normalized spacial score (nSPS) is 17.6. The summed E-state index contributed by atoms with van der Waals surface area (Å²) in [6.45, 7) is 2.14. The van der Waals surface area contributed by atoms with Gasteiger partial charge in [-0.3, -0.25) is 9.59 Å². The second-order valence-electron chi connectivity index (χ2n) is 6.45. The fraction of sp³-hybridized carbons (Fsp3) is 0.353. The maximum atomic E-state index is 12.4. The van der Waals surface area contributed by atoms with Crippen molar-refractivity contribution in [3.63, 3.8) is 0 Å². The van der Waals surface area contributed by atoms with Gasteiger partial charge in [0.25, 0.3) is 0 Å². The summed E-state index contributed by atoms with van der Waals surface area (Å²) in [4.78, 5) is 31.5. The topological polar surface area (TPSA) is 99.7 Å². The van der Waals surface area contributed by atoms with Crippen molar-refractivity contribution in [1.29, 1.82) is 0 Å². The number of amides is 2. The summed E-state index contributed by atoms with van der Waals surface area (Å²) < 4.78 is 25.4. The van der Waals surface area contributed by atoms with Crippen LogP contribution < -0.4 is 10.2 Å². The Kier molecular flexibility index (Phi) is 5.31. The molecule has 1 atom stereocenters. The van der Waals surface area contributed by atoms with Crippen LogP contribution in [0.1, 0.15) is 11.3 Å². The van der Waals surface area contributed by atoms with Crippen LogP contribution >= 0.6 is 11.3 Å². The number of anilines is 2. The third kappa shape index (κ3) is 4.02. The minimum atomic E-state index is -3.53. The van der Waals surface area contributed by atoms with Crippen LogP contribution in [0.25, 0.3) is 0 Å².